The van der Waals surface area contributed by atoms with Crippen molar-refractivity contribution in [3.63, 3.8) is 0 Å². The molecular formula is C10H22N2O2. The molecule has 0 spiro atoms. The van der Waals surface area contributed by atoms with E-state index in [-0.39, 0.29) is 12.0 Å². The van der Waals surface area contributed by atoms with Crippen LogP contribution in [0.5, 0.6) is 0 Å². The monoisotopic (exact) mass is 202 g/mol. The van der Waals surface area contributed by atoms with Gasteiger partial charge in [-0.25, -0.2) is 0 Å². The maximum absolute atomic E-state index is 11.4. The highest BCUT2D eigenvalue weighted by Crippen LogP contribution is 2.09. The van der Waals surface area contributed by atoms with Crippen molar-refractivity contribution in [2.24, 2.45) is 11.5 Å². The highest BCUT2D eigenvalue weighted by atomic mass is 16.6. The van der Waals surface area contributed by atoms with Crippen LogP contribution in [0.25, 0.3) is 0 Å². The normalized spacial score (nSPS) is 16.1. The summed E-state index contributed by atoms with van der Waals surface area (Å²) in [7, 11) is 0. The number of carbonyl (C=O) groups excluding carboxylic acids is 1. The van der Waals surface area contributed by atoms with Crippen molar-refractivity contribution in [2.75, 3.05) is 0 Å². The molecule has 0 fully saturated rings. The van der Waals surface area contributed by atoms with Gasteiger partial charge in [-0.1, -0.05) is 6.92 Å². The molecule has 0 aromatic heterocycles. The molecule has 0 heterocycles. The average Bonchev–Trinajstić information content (AvgIpc) is 2.00. The van der Waals surface area contributed by atoms with E-state index in [1.165, 1.54) is 0 Å². The van der Waals surface area contributed by atoms with Crippen LogP contribution in [0.2, 0.25) is 0 Å². The van der Waals surface area contributed by atoms with Crippen molar-refractivity contribution in [3.05, 3.63) is 0 Å². The first-order valence-electron chi connectivity index (χ1n) is 5.00. The van der Waals surface area contributed by atoms with Gasteiger partial charge in [0.15, 0.2) is 0 Å². The molecule has 2 unspecified atom stereocenters. The van der Waals surface area contributed by atoms with E-state index in [0.29, 0.717) is 6.42 Å². The SMILES string of the molecule is CCC(N)CC(N)C(=O)OC(C)(C)C. The lowest BCUT2D eigenvalue weighted by molar-refractivity contribution is -0.156. The van der Waals surface area contributed by atoms with Crippen LogP contribution in [-0.2, 0) is 9.53 Å². The highest BCUT2D eigenvalue weighted by Gasteiger charge is 2.23. The van der Waals surface area contributed by atoms with Crippen molar-refractivity contribution in [2.45, 2.75) is 58.2 Å². The number of rotatable bonds is 4. The van der Waals surface area contributed by atoms with Gasteiger partial charge in [0.2, 0.25) is 0 Å². The van der Waals surface area contributed by atoms with E-state index in [9.17, 15) is 4.79 Å². The topological polar surface area (TPSA) is 78.3 Å². The van der Waals surface area contributed by atoms with Crippen LogP contribution in [-0.4, -0.2) is 23.7 Å². The van der Waals surface area contributed by atoms with Gasteiger partial charge in [0.05, 0.1) is 0 Å². The Morgan fingerprint density at radius 2 is 1.86 bits per heavy atom. The molecule has 4 nitrogen and oxygen atoms in total. The van der Waals surface area contributed by atoms with E-state index in [2.05, 4.69) is 0 Å². The first-order valence-corrected chi connectivity index (χ1v) is 5.00. The predicted molar refractivity (Wildman–Crippen MR) is 56.7 cm³/mol. The van der Waals surface area contributed by atoms with Gasteiger partial charge >= 0.3 is 5.97 Å². The molecule has 4 N–H and O–H groups in total. The Balaban J connectivity index is 4.00. The van der Waals surface area contributed by atoms with Crippen LogP contribution in [0.1, 0.15) is 40.5 Å². The Morgan fingerprint density at radius 1 is 1.36 bits per heavy atom. The molecule has 0 aliphatic rings. The summed E-state index contributed by atoms with van der Waals surface area (Å²) in [5, 5.41) is 0. The lowest BCUT2D eigenvalue weighted by Crippen LogP contribution is -2.41. The van der Waals surface area contributed by atoms with Crippen molar-refractivity contribution in [3.8, 4) is 0 Å². The molecule has 4 heteroatoms. The molecule has 0 radical (unpaired) electrons. The van der Waals surface area contributed by atoms with Gasteiger partial charge in [-0.05, 0) is 33.6 Å². The van der Waals surface area contributed by atoms with Crippen LogP contribution >= 0.6 is 0 Å². The van der Waals surface area contributed by atoms with E-state index in [1.807, 2.05) is 27.7 Å². The van der Waals surface area contributed by atoms with E-state index in [1.54, 1.807) is 0 Å². The second kappa shape index (κ2) is 5.32. The fraction of sp³-hybridized carbons (Fsp3) is 0.900. The summed E-state index contributed by atoms with van der Waals surface area (Å²) >= 11 is 0. The minimum atomic E-state index is -0.607. The van der Waals surface area contributed by atoms with Gasteiger partial charge < -0.3 is 16.2 Å². The van der Waals surface area contributed by atoms with Gasteiger partial charge in [-0.15, -0.1) is 0 Å². The molecule has 0 saturated carbocycles. The second-order valence-electron chi connectivity index (χ2n) is 4.54. The minimum Gasteiger partial charge on any atom is -0.459 e. The number of nitrogens with two attached hydrogens (primary N) is 2. The Labute approximate surface area is 86.0 Å². The summed E-state index contributed by atoms with van der Waals surface area (Å²) in [6.07, 6.45) is 1.29. The summed E-state index contributed by atoms with van der Waals surface area (Å²) in [5.41, 5.74) is 10.9. The van der Waals surface area contributed by atoms with Crippen molar-refractivity contribution < 1.29 is 9.53 Å². The summed E-state index contributed by atoms with van der Waals surface area (Å²) < 4.78 is 5.13. The molecule has 0 aromatic rings. The average molecular weight is 202 g/mol. The fourth-order valence-electron chi connectivity index (χ4n) is 0.967. The number of hydrogen-bond acceptors (Lipinski definition) is 4. The van der Waals surface area contributed by atoms with Crippen LogP contribution in [0.3, 0.4) is 0 Å². The number of ether oxygens (including phenoxy) is 1. The van der Waals surface area contributed by atoms with Gasteiger partial charge in [-0.2, -0.15) is 0 Å². The first-order chi connectivity index (χ1) is 6.26. The first kappa shape index (κ1) is 13.4. The smallest absolute Gasteiger partial charge is 0.323 e. The lowest BCUT2D eigenvalue weighted by atomic mass is 10.1. The Bertz CT molecular complexity index is 187. The third-order valence-corrected chi connectivity index (χ3v) is 1.79. The minimum absolute atomic E-state index is 0.0301. The molecule has 0 aliphatic heterocycles. The number of carbonyl (C=O) groups is 1. The molecule has 14 heavy (non-hydrogen) atoms. The summed E-state index contributed by atoms with van der Waals surface area (Å²) in [6, 6.07) is -0.637. The van der Waals surface area contributed by atoms with Crippen molar-refractivity contribution in [1.82, 2.24) is 0 Å². The molecular weight excluding hydrogens is 180 g/mol. The zero-order valence-corrected chi connectivity index (χ0v) is 9.54. The Hall–Kier alpha value is -0.610. The molecule has 0 saturated heterocycles. The standard InChI is InChI=1S/C10H22N2O2/c1-5-7(11)6-8(12)9(13)14-10(2,3)4/h7-8H,5-6,11-12H2,1-4H3. The number of hydrogen-bond donors (Lipinski definition) is 2. The van der Waals surface area contributed by atoms with Crippen LogP contribution in [0.4, 0.5) is 0 Å². The van der Waals surface area contributed by atoms with Crippen molar-refractivity contribution in [1.29, 1.82) is 0 Å². The predicted octanol–water partition coefficient (Wildman–Crippen LogP) is 0.783. The Morgan fingerprint density at radius 3 is 2.21 bits per heavy atom. The quantitative estimate of drug-likeness (QED) is 0.660. The van der Waals surface area contributed by atoms with E-state index < -0.39 is 11.6 Å². The number of esters is 1. The molecule has 2 atom stereocenters. The third kappa shape index (κ3) is 5.94. The van der Waals surface area contributed by atoms with E-state index in [0.717, 1.165) is 6.42 Å². The third-order valence-electron chi connectivity index (χ3n) is 1.79. The molecule has 0 aliphatic carbocycles. The van der Waals surface area contributed by atoms with Crippen LogP contribution in [0.15, 0.2) is 0 Å². The fourth-order valence-corrected chi connectivity index (χ4v) is 0.967. The van der Waals surface area contributed by atoms with Gasteiger partial charge in [-0.3, -0.25) is 4.79 Å². The van der Waals surface area contributed by atoms with E-state index >= 15 is 0 Å². The largest absolute Gasteiger partial charge is 0.459 e. The molecule has 84 valence electrons. The molecule has 0 rings (SSSR count). The van der Waals surface area contributed by atoms with Gasteiger partial charge in [0, 0.05) is 6.04 Å². The Kier molecular flexibility index (Phi) is 5.08. The maximum atomic E-state index is 11.4. The summed E-state index contributed by atoms with van der Waals surface area (Å²) in [6.45, 7) is 7.42. The van der Waals surface area contributed by atoms with Crippen LogP contribution in [0, 0.1) is 0 Å². The van der Waals surface area contributed by atoms with E-state index in [4.69, 9.17) is 16.2 Å². The zero-order chi connectivity index (χ0) is 11.4. The summed E-state index contributed by atoms with van der Waals surface area (Å²) in [5.74, 6) is -0.374. The zero-order valence-electron chi connectivity index (χ0n) is 9.54. The van der Waals surface area contributed by atoms with Crippen molar-refractivity contribution >= 4 is 5.97 Å². The lowest BCUT2D eigenvalue weighted by Gasteiger charge is -2.23. The maximum Gasteiger partial charge on any atom is 0.323 e. The molecule has 0 aromatic carbocycles. The second-order valence-corrected chi connectivity index (χ2v) is 4.54. The molecule has 0 bridgehead atoms. The summed E-state index contributed by atoms with van der Waals surface area (Å²) in [4.78, 5) is 11.4. The van der Waals surface area contributed by atoms with Crippen LogP contribution < -0.4 is 11.5 Å². The molecule has 0 amide bonds. The van der Waals surface area contributed by atoms with Gasteiger partial charge in [0.1, 0.15) is 11.6 Å². The highest BCUT2D eigenvalue weighted by molar-refractivity contribution is 5.75. The van der Waals surface area contributed by atoms with Gasteiger partial charge in [0.25, 0.3) is 0 Å².